The Hall–Kier alpha value is -3.07. The summed E-state index contributed by atoms with van der Waals surface area (Å²) in [7, 11) is 1.56. The third-order valence-corrected chi connectivity index (χ3v) is 3.28. The first-order valence-corrected chi connectivity index (χ1v) is 6.71. The summed E-state index contributed by atoms with van der Waals surface area (Å²) >= 11 is 0. The van der Waals surface area contributed by atoms with Gasteiger partial charge in [0.15, 0.2) is 5.58 Å². The second-order valence-electron chi connectivity index (χ2n) is 4.75. The van der Waals surface area contributed by atoms with Gasteiger partial charge < -0.3 is 9.26 Å². The summed E-state index contributed by atoms with van der Waals surface area (Å²) in [4.78, 5) is 16.6. The van der Waals surface area contributed by atoms with Gasteiger partial charge in [-0.15, -0.1) is 0 Å². The van der Waals surface area contributed by atoms with Crippen LogP contribution in [0.1, 0.15) is 11.4 Å². The van der Waals surface area contributed by atoms with Crippen LogP contribution in [0, 0.1) is 11.3 Å². The lowest BCUT2D eigenvalue weighted by Gasteiger charge is -2.01. The first kappa shape index (κ1) is 13.9. The number of nitrogens with zero attached hydrogens (tertiary/aromatic N) is 3. The quantitative estimate of drug-likeness (QED) is 0.736. The zero-order valence-corrected chi connectivity index (χ0v) is 11.9. The van der Waals surface area contributed by atoms with E-state index in [1.165, 1.54) is 4.74 Å². The first-order chi connectivity index (χ1) is 10.7. The zero-order valence-electron chi connectivity index (χ0n) is 11.9. The van der Waals surface area contributed by atoms with Crippen molar-refractivity contribution >= 4 is 11.0 Å². The fourth-order valence-electron chi connectivity index (χ4n) is 2.22. The van der Waals surface area contributed by atoms with Crippen molar-refractivity contribution in [2.45, 2.75) is 13.0 Å². The van der Waals surface area contributed by atoms with E-state index in [-0.39, 0.29) is 18.5 Å². The summed E-state index contributed by atoms with van der Waals surface area (Å²) in [6.07, 6.45) is 0.236. The van der Waals surface area contributed by atoms with Gasteiger partial charge in [0.1, 0.15) is 12.3 Å². The number of aromatic nitrogens is 2. The summed E-state index contributed by atoms with van der Waals surface area (Å²) < 4.78 is 11.9. The Labute approximate surface area is 126 Å². The van der Waals surface area contributed by atoms with Gasteiger partial charge in [-0.05, 0) is 24.3 Å². The van der Waals surface area contributed by atoms with Gasteiger partial charge in [-0.3, -0.25) is 9.78 Å². The van der Waals surface area contributed by atoms with E-state index in [0.717, 1.165) is 0 Å². The van der Waals surface area contributed by atoms with Crippen LogP contribution in [0.25, 0.3) is 11.0 Å². The number of nitriles is 1. The lowest BCUT2D eigenvalue weighted by molar-refractivity contribution is 0.298. The van der Waals surface area contributed by atoms with Crippen molar-refractivity contribution in [1.82, 2.24) is 9.72 Å². The van der Waals surface area contributed by atoms with E-state index in [9.17, 15) is 4.79 Å². The molecule has 0 spiro atoms. The Morgan fingerprint density at radius 1 is 1.32 bits per heavy atom. The SMILES string of the molecule is COc1ccc2c(=O)n(Cc3cccc(CC#N)n3)oc2c1. The van der Waals surface area contributed by atoms with E-state index in [0.29, 0.717) is 28.1 Å². The second-order valence-corrected chi connectivity index (χ2v) is 4.75. The Morgan fingerprint density at radius 2 is 2.14 bits per heavy atom. The fourth-order valence-corrected chi connectivity index (χ4v) is 2.22. The molecular formula is C16H13N3O3. The van der Waals surface area contributed by atoms with E-state index in [1.807, 2.05) is 6.07 Å². The van der Waals surface area contributed by atoms with Gasteiger partial charge in [-0.2, -0.15) is 10.0 Å². The van der Waals surface area contributed by atoms with Crippen LogP contribution in [0.4, 0.5) is 0 Å². The number of fused-ring (bicyclic) bond motifs is 1. The number of hydrogen-bond acceptors (Lipinski definition) is 5. The number of benzene rings is 1. The zero-order chi connectivity index (χ0) is 15.5. The van der Waals surface area contributed by atoms with Gasteiger partial charge in [-0.1, -0.05) is 6.07 Å². The molecule has 0 radical (unpaired) electrons. The monoisotopic (exact) mass is 295 g/mol. The third-order valence-electron chi connectivity index (χ3n) is 3.28. The molecule has 0 aliphatic carbocycles. The molecule has 0 atom stereocenters. The molecule has 0 saturated heterocycles. The van der Waals surface area contributed by atoms with Crippen molar-refractivity contribution in [1.29, 1.82) is 5.26 Å². The van der Waals surface area contributed by atoms with Gasteiger partial charge in [0.2, 0.25) is 0 Å². The van der Waals surface area contributed by atoms with Crippen molar-refractivity contribution in [2.24, 2.45) is 0 Å². The Morgan fingerprint density at radius 3 is 2.91 bits per heavy atom. The van der Waals surface area contributed by atoms with Crippen LogP contribution >= 0.6 is 0 Å². The summed E-state index contributed by atoms with van der Waals surface area (Å²) in [5, 5.41) is 9.21. The summed E-state index contributed by atoms with van der Waals surface area (Å²) in [5.41, 5.74) is 1.59. The molecule has 6 nitrogen and oxygen atoms in total. The molecule has 0 saturated carbocycles. The highest BCUT2D eigenvalue weighted by Gasteiger charge is 2.11. The van der Waals surface area contributed by atoms with Crippen LogP contribution in [0.2, 0.25) is 0 Å². The first-order valence-electron chi connectivity index (χ1n) is 6.71. The van der Waals surface area contributed by atoms with Crippen LogP contribution in [-0.4, -0.2) is 16.8 Å². The van der Waals surface area contributed by atoms with E-state index in [1.54, 1.807) is 37.4 Å². The number of hydrogen-bond donors (Lipinski definition) is 0. The molecule has 0 N–H and O–H groups in total. The number of pyridine rings is 1. The molecule has 0 amide bonds. The van der Waals surface area contributed by atoms with E-state index in [4.69, 9.17) is 14.5 Å². The molecule has 22 heavy (non-hydrogen) atoms. The van der Waals surface area contributed by atoms with Crippen LogP contribution < -0.4 is 10.3 Å². The maximum absolute atomic E-state index is 12.3. The van der Waals surface area contributed by atoms with Crippen molar-refractivity contribution in [3.05, 3.63) is 58.1 Å². The third kappa shape index (κ3) is 2.56. The second kappa shape index (κ2) is 5.74. The smallest absolute Gasteiger partial charge is 0.290 e. The summed E-state index contributed by atoms with van der Waals surface area (Å²) in [6.45, 7) is 0.217. The van der Waals surface area contributed by atoms with Crippen molar-refractivity contribution in [3.8, 4) is 11.8 Å². The molecule has 1 aromatic carbocycles. The Balaban J connectivity index is 1.97. The maximum atomic E-state index is 12.3. The average molecular weight is 295 g/mol. The van der Waals surface area contributed by atoms with Crippen molar-refractivity contribution < 1.29 is 9.26 Å². The van der Waals surface area contributed by atoms with Crippen molar-refractivity contribution in [3.63, 3.8) is 0 Å². The molecule has 2 heterocycles. The topological polar surface area (TPSA) is 81.0 Å². The highest BCUT2D eigenvalue weighted by Crippen LogP contribution is 2.19. The maximum Gasteiger partial charge on any atom is 0.290 e. The van der Waals surface area contributed by atoms with E-state index >= 15 is 0 Å². The van der Waals surface area contributed by atoms with Gasteiger partial charge in [0.05, 0.1) is 36.4 Å². The van der Waals surface area contributed by atoms with Gasteiger partial charge in [0, 0.05) is 6.07 Å². The van der Waals surface area contributed by atoms with E-state index in [2.05, 4.69) is 11.1 Å². The molecule has 0 fully saturated rings. The molecule has 0 unspecified atom stereocenters. The van der Waals surface area contributed by atoms with Gasteiger partial charge in [0.25, 0.3) is 5.56 Å². The highest BCUT2D eigenvalue weighted by atomic mass is 16.5. The Bertz CT molecular complexity index is 918. The summed E-state index contributed by atoms with van der Waals surface area (Å²) in [6, 6.07) is 12.5. The minimum absolute atomic E-state index is 0.217. The molecule has 0 aliphatic heterocycles. The minimum atomic E-state index is -0.217. The summed E-state index contributed by atoms with van der Waals surface area (Å²) in [5.74, 6) is 0.627. The number of ether oxygens (including phenoxy) is 1. The molecule has 3 rings (SSSR count). The number of methoxy groups -OCH3 is 1. The molecule has 0 bridgehead atoms. The normalized spacial score (nSPS) is 10.5. The predicted octanol–water partition coefficient (Wildman–Crippen LogP) is 2.11. The largest absolute Gasteiger partial charge is 0.497 e. The lowest BCUT2D eigenvalue weighted by atomic mass is 10.2. The minimum Gasteiger partial charge on any atom is -0.497 e. The average Bonchev–Trinajstić information content (AvgIpc) is 2.83. The predicted molar refractivity (Wildman–Crippen MR) is 79.7 cm³/mol. The molecule has 110 valence electrons. The lowest BCUT2D eigenvalue weighted by Crippen LogP contribution is -2.15. The molecule has 3 aromatic rings. The van der Waals surface area contributed by atoms with Crippen LogP contribution in [0.15, 0.2) is 45.7 Å². The molecule has 6 heteroatoms. The van der Waals surface area contributed by atoms with Crippen LogP contribution in [0.3, 0.4) is 0 Å². The van der Waals surface area contributed by atoms with Gasteiger partial charge in [-0.25, -0.2) is 0 Å². The molecule has 2 aromatic heterocycles. The number of rotatable bonds is 4. The molecule has 0 aliphatic rings. The Kier molecular flexibility index (Phi) is 3.62. The van der Waals surface area contributed by atoms with Crippen LogP contribution in [0.5, 0.6) is 5.75 Å². The van der Waals surface area contributed by atoms with Crippen LogP contribution in [-0.2, 0) is 13.0 Å². The standard InChI is InChI=1S/C16H13N3O3/c1-21-13-5-6-14-15(9-13)22-19(16(14)20)10-12-4-2-3-11(18-12)7-8-17/h2-6,9H,7,10H2,1H3. The fraction of sp³-hybridized carbons (Fsp3) is 0.188. The highest BCUT2D eigenvalue weighted by molar-refractivity contribution is 5.77. The van der Waals surface area contributed by atoms with E-state index < -0.39 is 0 Å². The van der Waals surface area contributed by atoms with Crippen molar-refractivity contribution in [2.75, 3.05) is 7.11 Å². The van der Waals surface area contributed by atoms with Gasteiger partial charge >= 0.3 is 0 Å². The molecular weight excluding hydrogens is 282 g/mol.